The van der Waals surface area contributed by atoms with Gasteiger partial charge in [0.1, 0.15) is 0 Å². The summed E-state index contributed by atoms with van der Waals surface area (Å²) in [5, 5.41) is 7.19. The second kappa shape index (κ2) is 10.8. The Balaban J connectivity index is 1.75. The van der Waals surface area contributed by atoms with E-state index in [0.29, 0.717) is 39.5 Å². The largest absolute Gasteiger partial charge is 0.493 e. The molecule has 3 aromatic rings. The third kappa shape index (κ3) is 6.29. The predicted octanol–water partition coefficient (Wildman–Crippen LogP) is 6.70. The summed E-state index contributed by atoms with van der Waals surface area (Å²) in [5.41, 5.74) is 3.29. The number of rotatable bonds is 8. The van der Waals surface area contributed by atoms with Crippen LogP contribution in [0.5, 0.6) is 11.5 Å². The lowest BCUT2D eigenvalue weighted by molar-refractivity contribution is -0.118. The molecule has 0 aliphatic carbocycles. The third-order valence-corrected chi connectivity index (χ3v) is 5.76. The van der Waals surface area contributed by atoms with Crippen LogP contribution < -0.4 is 20.1 Å². The van der Waals surface area contributed by atoms with E-state index in [4.69, 9.17) is 32.7 Å². The molecule has 3 aromatic carbocycles. The van der Waals surface area contributed by atoms with Crippen molar-refractivity contribution in [1.29, 1.82) is 0 Å². The molecule has 0 heterocycles. The molecule has 0 fully saturated rings. The van der Waals surface area contributed by atoms with Gasteiger partial charge >= 0.3 is 0 Å². The Bertz CT molecular complexity index is 1080. The molecule has 31 heavy (non-hydrogen) atoms. The van der Waals surface area contributed by atoms with Crippen LogP contribution in [0.1, 0.15) is 11.1 Å². The second-order valence-corrected chi connectivity index (χ2v) is 8.44. The van der Waals surface area contributed by atoms with Gasteiger partial charge in [0.25, 0.3) is 5.91 Å². The van der Waals surface area contributed by atoms with E-state index in [0.717, 1.165) is 15.6 Å². The van der Waals surface area contributed by atoms with E-state index in [1.54, 1.807) is 31.4 Å². The summed E-state index contributed by atoms with van der Waals surface area (Å²) in [6, 6.07) is 16.4. The summed E-state index contributed by atoms with van der Waals surface area (Å²) in [5.74, 6) is 0.699. The van der Waals surface area contributed by atoms with Crippen LogP contribution in [0.3, 0.4) is 0 Å². The first-order valence-corrected chi connectivity index (χ1v) is 11.0. The van der Waals surface area contributed by atoms with Gasteiger partial charge in [0, 0.05) is 27.3 Å². The van der Waals surface area contributed by atoms with Crippen LogP contribution in [0.25, 0.3) is 0 Å². The molecule has 0 aliphatic heterocycles. The molecule has 0 radical (unpaired) electrons. The first-order valence-electron chi connectivity index (χ1n) is 9.41. The number of ether oxygens (including phenoxy) is 2. The number of carbonyl (C=O) groups excluding carboxylic acids is 1. The van der Waals surface area contributed by atoms with Crippen LogP contribution in [0.15, 0.2) is 59.1 Å². The lowest BCUT2D eigenvalue weighted by atomic mass is 10.1. The van der Waals surface area contributed by atoms with Gasteiger partial charge in [-0.1, -0.05) is 56.8 Å². The van der Waals surface area contributed by atoms with Crippen LogP contribution in [-0.4, -0.2) is 19.6 Å². The predicted molar refractivity (Wildman–Crippen MR) is 130 cm³/mol. The monoisotopic (exact) mass is 522 g/mol. The maximum absolute atomic E-state index is 12.4. The Hall–Kier alpha value is -2.41. The fourth-order valence-corrected chi connectivity index (χ4v) is 3.66. The zero-order valence-corrected chi connectivity index (χ0v) is 20.1. The molecular formula is C23H21BrCl2N2O3. The number of methoxy groups -OCH3 is 1. The molecule has 0 unspecified atom stereocenters. The SMILES string of the molecule is COc1ccc(Br)c(CNc2cc(Cl)ccc2Cl)c1OCC(=O)Nc1ccc(C)cc1. The summed E-state index contributed by atoms with van der Waals surface area (Å²) in [6.07, 6.45) is 0. The molecule has 1 amide bonds. The van der Waals surface area contributed by atoms with Crippen molar-refractivity contribution < 1.29 is 14.3 Å². The lowest BCUT2D eigenvalue weighted by Crippen LogP contribution is -2.21. The van der Waals surface area contributed by atoms with E-state index >= 15 is 0 Å². The summed E-state index contributed by atoms with van der Waals surface area (Å²) in [6.45, 7) is 2.18. The fraction of sp³-hybridized carbons (Fsp3) is 0.174. The van der Waals surface area contributed by atoms with Gasteiger partial charge < -0.3 is 20.1 Å². The second-order valence-electron chi connectivity index (χ2n) is 6.74. The minimum absolute atomic E-state index is 0.175. The molecule has 3 rings (SSSR count). The number of benzene rings is 3. The highest BCUT2D eigenvalue weighted by Crippen LogP contribution is 2.37. The summed E-state index contributed by atoms with van der Waals surface area (Å²) >= 11 is 15.9. The van der Waals surface area contributed by atoms with E-state index in [-0.39, 0.29) is 12.5 Å². The van der Waals surface area contributed by atoms with Crippen LogP contribution >= 0.6 is 39.1 Å². The van der Waals surface area contributed by atoms with Crippen molar-refractivity contribution in [2.45, 2.75) is 13.5 Å². The number of aryl methyl sites for hydroxylation is 1. The molecule has 0 bridgehead atoms. The van der Waals surface area contributed by atoms with Gasteiger partial charge in [-0.15, -0.1) is 0 Å². The van der Waals surface area contributed by atoms with E-state index < -0.39 is 0 Å². The van der Waals surface area contributed by atoms with Crippen molar-refractivity contribution >= 4 is 56.4 Å². The number of nitrogens with one attached hydrogen (secondary N) is 2. The van der Waals surface area contributed by atoms with Gasteiger partial charge in [-0.05, 0) is 49.4 Å². The van der Waals surface area contributed by atoms with E-state index in [1.165, 1.54) is 0 Å². The van der Waals surface area contributed by atoms with Crippen molar-refractivity contribution in [3.05, 3.63) is 80.2 Å². The molecule has 5 nitrogen and oxygen atoms in total. The van der Waals surface area contributed by atoms with Crippen molar-refractivity contribution in [2.24, 2.45) is 0 Å². The highest BCUT2D eigenvalue weighted by molar-refractivity contribution is 9.10. The highest BCUT2D eigenvalue weighted by atomic mass is 79.9. The number of hydrogen-bond donors (Lipinski definition) is 2. The molecule has 8 heteroatoms. The first-order chi connectivity index (χ1) is 14.9. The maximum Gasteiger partial charge on any atom is 0.262 e. The smallest absolute Gasteiger partial charge is 0.262 e. The topological polar surface area (TPSA) is 59.6 Å². The average Bonchev–Trinajstić information content (AvgIpc) is 2.75. The van der Waals surface area contributed by atoms with Gasteiger partial charge in [-0.2, -0.15) is 0 Å². The minimum atomic E-state index is -0.275. The Morgan fingerprint density at radius 1 is 1.06 bits per heavy atom. The van der Waals surface area contributed by atoms with Crippen molar-refractivity contribution in [3.8, 4) is 11.5 Å². The van der Waals surface area contributed by atoms with E-state index in [9.17, 15) is 4.79 Å². The molecule has 0 saturated heterocycles. The fourth-order valence-electron chi connectivity index (χ4n) is 2.85. The zero-order valence-electron chi connectivity index (χ0n) is 17.0. The maximum atomic E-state index is 12.4. The van der Waals surface area contributed by atoms with Gasteiger partial charge in [-0.25, -0.2) is 0 Å². The molecule has 162 valence electrons. The molecular weight excluding hydrogens is 503 g/mol. The van der Waals surface area contributed by atoms with Crippen LogP contribution in [0, 0.1) is 6.92 Å². The zero-order chi connectivity index (χ0) is 22.4. The Kier molecular flexibility index (Phi) is 8.07. The normalized spacial score (nSPS) is 10.5. The number of halogens is 3. The molecule has 0 aromatic heterocycles. The van der Waals surface area contributed by atoms with Gasteiger partial charge in [-0.3, -0.25) is 4.79 Å². The quantitative estimate of drug-likeness (QED) is 0.344. The van der Waals surface area contributed by atoms with E-state index in [2.05, 4.69) is 26.6 Å². The summed E-state index contributed by atoms with van der Waals surface area (Å²) < 4.78 is 12.1. The van der Waals surface area contributed by atoms with Crippen LogP contribution in [0.4, 0.5) is 11.4 Å². The van der Waals surface area contributed by atoms with Crippen LogP contribution in [0.2, 0.25) is 10.0 Å². The van der Waals surface area contributed by atoms with E-state index in [1.807, 2.05) is 37.3 Å². The minimum Gasteiger partial charge on any atom is -0.493 e. The van der Waals surface area contributed by atoms with Crippen molar-refractivity contribution in [2.75, 3.05) is 24.4 Å². The highest BCUT2D eigenvalue weighted by Gasteiger charge is 2.17. The standard InChI is InChI=1S/C23H21BrCl2N2O3/c1-14-3-6-16(7-4-14)28-22(29)13-31-23-17(18(24)8-10-21(23)30-2)12-27-20-11-15(25)5-9-19(20)26/h3-11,27H,12-13H2,1-2H3,(H,28,29). The molecule has 0 spiro atoms. The van der Waals surface area contributed by atoms with Gasteiger partial charge in [0.15, 0.2) is 18.1 Å². The molecule has 0 saturated carbocycles. The van der Waals surface area contributed by atoms with Crippen molar-refractivity contribution in [3.63, 3.8) is 0 Å². The lowest BCUT2D eigenvalue weighted by Gasteiger charge is -2.18. The van der Waals surface area contributed by atoms with Gasteiger partial charge in [0.05, 0.1) is 17.8 Å². The number of carbonyl (C=O) groups is 1. The van der Waals surface area contributed by atoms with Crippen LogP contribution in [-0.2, 0) is 11.3 Å². The Morgan fingerprint density at radius 2 is 1.81 bits per heavy atom. The number of anilines is 2. The Labute approximate surface area is 199 Å². The van der Waals surface area contributed by atoms with Gasteiger partial charge in [0.2, 0.25) is 0 Å². The molecule has 2 N–H and O–H groups in total. The Morgan fingerprint density at radius 3 is 2.52 bits per heavy atom. The third-order valence-electron chi connectivity index (χ3n) is 4.45. The number of amides is 1. The van der Waals surface area contributed by atoms with Crippen molar-refractivity contribution in [1.82, 2.24) is 0 Å². The average molecular weight is 524 g/mol. The molecule has 0 atom stereocenters. The summed E-state index contributed by atoms with van der Waals surface area (Å²) in [4.78, 5) is 12.4. The first kappa shape index (κ1) is 23.3. The summed E-state index contributed by atoms with van der Waals surface area (Å²) in [7, 11) is 1.55. The number of hydrogen-bond acceptors (Lipinski definition) is 4. The molecule has 0 aliphatic rings.